The van der Waals surface area contributed by atoms with E-state index in [0.717, 1.165) is 73.7 Å². The SMILES string of the molecule is COC(=O)Nc1ccc2[nH]cc(CCCN3CCN(c4ncncc4OC)CC3)c2c1. The number of carbonyl (C=O) groups is 1. The number of anilines is 2. The zero-order valence-corrected chi connectivity index (χ0v) is 17.9. The Kier molecular flexibility index (Phi) is 6.51. The van der Waals surface area contributed by atoms with E-state index in [9.17, 15) is 4.79 Å². The van der Waals surface area contributed by atoms with E-state index in [1.807, 2.05) is 18.2 Å². The van der Waals surface area contributed by atoms with Gasteiger partial charge in [-0.15, -0.1) is 0 Å². The van der Waals surface area contributed by atoms with Gasteiger partial charge >= 0.3 is 6.09 Å². The van der Waals surface area contributed by atoms with E-state index in [-0.39, 0.29) is 0 Å². The van der Waals surface area contributed by atoms with Crippen LogP contribution in [0, 0.1) is 0 Å². The minimum absolute atomic E-state index is 0.463. The summed E-state index contributed by atoms with van der Waals surface area (Å²) in [6.07, 6.45) is 6.92. The number of nitrogens with one attached hydrogen (secondary N) is 2. The molecular formula is C22H28N6O3. The van der Waals surface area contributed by atoms with Gasteiger partial charge in [0.1, 0.15) is 6.33 Å². The Labute approximate surface area is 181 Å². The van der Waals surface area contributed by atoms with Crippen LogP contribution in [0.15, 0.2) is 36.9 Å². The van der Waals surface area contributed by atoms with E-state index in [4.69, 9.17) is 4.74 Å². The molecule has 9 nitrogen and oxygen atoms in total. The molecule has 164 valence electrons. The van der Waals surface area contributed by atoms with Crippen molar-refractivity contribution in [2.24, 2.45) is 0 Å². The Hall–Kier alpha value is -3.33. The maximum atomic E-state index is 11.5. The number of H-pyrrole nitrogens is 1. The van der Waals surface area contributed by atoms with Crippen molar-refractivity contribution in [3.05, 3.63) is 42.5 Å². The van der Waals surface area contributed by atoms with Crippen molar-refractivity contribution in [1.29, 1.82) is 0 Å². The number of hydrogen-bond acceptors (Lipinski definition) is 7. The normalized spacial score (nSPS) is 14.6. The van der Waals surface area contributed by atoms with Gasteiger partial charge in [-0.3, -0.25) is 10.2 Å². The predicted molar refractivity (Wildman–Crippen MR) is 120 cm³/mol. The lowest BCUT2D eigenvalue weighted by Gasteiger charge is -2.35. The highest BCUT2D eigenvalue weighted by Crippen LogP contribution is 2.26. The summed E-state index contributed by atoms with van der Waals surface area (Å²) in [5, 5.41) is 3.86. The second kappa shape index (κ2) is 9.65. The molecule has 1 fully saturated rings. The Morgan fingerprint density at radius 2 is 2.06 bits per heavy atom. The highest BCUT2D eigenvalue weighted by Gasteiger charge is 2.20. The van der Waals surface area contributed by atoms with Crippen LogP contribution in [-0.4, -0.2) is 72.9 Å². The van der Waals surface area contributed by atoms with Crippen molar-refractivity contribution >= 4 is 28.5 Å². The average molecular weight is 425 g/mol. The lowest BCUT2D eigenvalue weighted by molar-refractivity contribution is 0.187. The van der Waals surface area contributed by atoms with Gasteiger partial charge in [0.2, 0.25) is 0 Å². The number of benzene rings is 1. The van der Waals surface area contributed by atoms with Gasteiger partial charge in [0.05, 0.1) is 20.4 Å². The van der Waals surface area contributed by atoms with Crippen molar-refractivity contribution in [3.63, 3.8) is 0 Å². The van der Waals surface area contributed by atoms with Crippen LogP contribution < -0.4 is 15.0 Å². The van der Waals surface area contributed by atoms with E-state index < -0.39 is 6.09 Å². The number of hydrogen-bond donors (Lipinski definition) is 2. The van der Waals surface area contributed by atoms with Gasteiger partial charge in [0.15, 0.2) is 11.6 Å². The first-order valence-electron chi connectivity index (χ1n) is 10.4. The van der Waals surface area contributed by atoms with Crippen molar-refractivity contribution in [2.75, 3.05) is 57.2 Å². The molecule has 31 heavy (non-hydrogen) atoms. The van der Waals surface area contributed by atoms with Crippen LogP contribution >= 0.6 is 0 Å². The zero-order valence-electron chi connectivity index (χ0n) is 17.9. The minimum atomic E-state index is -0.463. The topological polar surface area (TPSA) is 95.6 Å². The summed E-state index contributed by atoms with van der Waals surface area (Å²) < 4.78 is 10.1. The summed E-state index contributed by atoms with van der Waals surface area (Å²) in [4.78, 5) is 28.0. The van der Waals surface area contributed by atoms with Crippen LogP contribution in [-0.2, 0) is 11.2 Å². The van der Waals surface area contributed by atoms with E-state index >= 15 is 0 Å². The maximum absolute atomic E-state index is 11.5. The molecule has 1 saturated heterocycles. The first kappa shape index (κ1) is 20.9. The van der Waals surface area contributed by atoms with Crippen molar-refractivity contribution in [2.45, 2.75) is 12.8 Å². The number of methoxy groups -OCH3 is 2. The molecule has 0 bridgehead atoms. The molecule has 1 aromatic carbocycles. The second-order valence-corrected chi connectivity index (χ2v) is 7.54. The monoisotopic (exact) mass is 424 g/mol. The fourth-order valence-corrected chi connectivity index (χ4v) is 4.00. The smallest absolute Gasteiger partial charge is 0.411 e. The number of nitrogens with zero attached hydrogens (tertiary/aromatic N) is 4. The molecule has 0 unspecified atom stereocenters. The molecule has 2 N–H and O–H groups in total. The van der Waals surface area contributed by atoms with Gasteiger partial charge in [-0.2, -0.15) is 0 Å². The number of carbonyl (C=O) groups excluding carboxylic acids is 1. The Morgan fingerprint density at radius 1 is 1.23 bits per heavy atom. The quantitative estimate of drug-likeness (QED) is 0.602. The summed E-state index contributed by atoms with van der Waals surface area (Å²) in [7, 11) is 3.01. The van der Waals surface area contributed by atoms with Gasteiger partial charge in [0.25, 0.3) is 0 Å². The largest absolute Gasteiger partial charge is 0.491 e. The molecule has 2 aromatic heterocycles. The maximum Gasteiger partial charge on any atom is 0.411 e. The lowest BCUT2D eigenvalue weighted by atomic mass is 10.1. The van der Waals surface area contributed by atoms with Crippen molar-refractivity contribution < 1.29 is 14.3 Å². The number of piperazine rings is 1. The molecule has 1 amide bonds. The summed E-state index contributed by atoms with van der Waals surface area (Å²) in [5.41, 5.74) is 3.06. The molecule has 9 heteroatoms. The molecule has 0 saturated carbocycles. The lowest BCUT2D eigenvalue weighted by Crippen LogP contribution is -2.47. The molecule has 0 radical (unpaired) electrons. The van der Waals surface area contributed by atoms with Crippen molar-refractivity contribution in [1.82, 2.24) is 19.9 Å². The average Bonchev–Trinajstić information content (AvgIpc) is 3.21. The number of fused-ring (bicyclic) bond motifs is 1. The van der Waals surface area contributed by atoms with Crippen LogP contribution in [0.5, 0.6) is 5.75 Å². The minimum Gasteiger partial charge on any atom is -0.491 e. The number of rotatable bonds is 7. The van der Waals surface area contributed by atoms with E-state index in [1.54, 1.807) is 19.6 Å². The van der Waals surface area contributed by atoms with E-state index in [0.29, 0.717) is 0 Å². The standard InChI is InChI=1S/C22H28N6O3/c1-30-20-14-23-15-25-21(20)28-10-8-27(9-11-28)7-3-4-16-13-24-19-6-5-17(12-18(16)19)26-22(29)31-2/h5-6,12-15,24H,3-4,7-11H2,1-2H3,(H,26,29). The van der Waals surface area contributed by atoms with Gasteiger partial charge < -0.3 is 19.4 Å². The molecular weight excluding hydrogens is 396 g/mol. The number of aromatic nitrogens is 3. The third kappa shape index (κ3) is 4.88. The van der Waals surface area contributed by atoms with Crippen LogP contribution in [0.4, 0.5) is 16.3 Å². The van der Waals surface area contributed by atoms with Crippen LogP contribution in [0.2, 0.25) is 0 Å². The molecule has 1 aliphatic heterocycles. The third-order valence-electron chi connectivity index (χ3n) is 5.67. The summed E-state index contributed by atoms with van der Waals surface area (Å²) >= 11 is 0. The number of ether oxygens (including phenoxy) is 2. The van der Waals surface area contributed by atoms with Crippen molar-refractivity contribution in [3.8, 4) is 5.75 Å². The predicted octanol–water partition coefficient (Wildman–Crippen LogP) is 2.90. The fraction of sp³-hybridized carbons (Fsp3) is 0.409. The molecule has 3 heterocycles. The Morgan fingerprint density at radius 3 is 2.84 bits per heavy atom. The summed E-state index contributed by atoms with van der Waals surface area (Å²) in [6.45, 7) is 4.87. The number of aryl methyl sites for hydroxylation is 1. The molecule has 1 aliphatic rings. The molecule has 0 aliphatic carbocycles. The van der Waals surface area contributed by atoms with Crippen LogP contribution in [0.25, 0.3) is 10.9 Å². The molecule has 3 aromatic rings. The van der Waals surface area contributed by atoms with Gasteiger partial charge in [0, 0.05) is 49.0 Å². The molecule has 0 spiro atoms. The highest BCUT2D eigenvalue weighted by molar-refractivity contribution is 5.91. The van der Waals surface area contributed by atoms with Crippen LogP contribution in [0.3, 0.4) is 0 Å². The number of amides is 1. The van der Waals surface area contributed by atoms with Gasteiger partial charge in [-0.1, -0.05) is 0 Å². The van der Waals surface area contributed by atoms with Crippen LogP contribution in [0.1, 0.15) is 12.0 Å². The van der Waals surface area contributed by atoms with Gasteiger partial charge in [-0.05, 0) is 43.1 Å². The van der Waals surface area contributed by atoms with Gasteiger partial charge in [-0.25, -0.2) is 14.8 Å². The highest BCUT2D eigenvalue weighted by atomic mass is 16.5. The first-order valence-corrected chi connectivity index (χ1v) is 10.4. The Bertz CT molecular complexity index is 1030. The number of aromatic amines is 1. The fourth-order valence-electron chi connectivity index (χ4n) is 4.00. The third-order valence-corrected chi connectivity index (χ3v) is 5.67. The first-order chi connectivity index (χ1) is 15.2. The summed E-state index contributed by atoms with van der Waals surface area (Å²) in [6, 6.07) is 5.84. The summed E-state index contributed by atoms with van der Waals surface area (Å²) in [5.74, 6) is 1.59. The zero-order chi connectivity index (χ0) is 21.6. The molecule has 0 atom stereocenters. The Balaban J connectivity index is 1.29. The van der Waals surface area contributed by atoms with E-state index in [1.165, 1.54) is 12.7 Å². The van der Waals surface area contributed by atoms with E-state index in [2.05, 4.69) is 41.0 Å². The second-order valence-electron chi connectivity index (χ2n) is 7.54. The molecule has 4 rings (SSSR count).